The lowest BCUT2D eigenvalue weighted by molar-refractivity contribution is 0.758. The number of halogens is 1. The van der Waals surface area contributed by atoms with Crippen LogP contribution in [0, 0.1) is 6.92 Å². The number of benzene rings is 1. The average Bonchev–Trinajstić information content (AvgIpc) is 3.06. The summed E-state index contributed by atoms with van der Waals surface area (Å²) >= 11 is 7.80. The van der Waals surface area contributed by atoms with Crippen LogP contribution in [0.5, 0.6) is 0 Å². The highest BCUT2D eigenvalue weighted by atomic mass is 35.5. The van der Waals surface area contributed by atoms with Crippen molar-refractivity contribution in [1.29, 1.82) is 0 Å². The molecule has 110 valence electrons. The molecule has 0 aliphatic carbocycles. The van der Waals surface area contributed by atoms with E-state index in [4.69, 9.17) is 16.6 Å². The van der Waals surface area contributed by atoms with E-state index < -0.39 is 0 Å². The topological polar surface area (TPSA) is 17.8 Å². The molecule has 3 aromatic rings. The highest BCUT2D eigenvalue weighted by Crippen LogP contribution is 2.25. The van der Waals surface area contributed by atoms with Crippen molar-refractivity contribution < 1.29 is 0 Å². The molecule has 0 unspecified atom stereocenters. The third-order valence-electron chi connectivity index (χ3n) is 3.90. The molecule has 2 aromatic heterocycles. The molecule has 21 heavy (non-hydrogen) atoms. The molecule has 0 fully saturated rings. The number of fused-ring (bicyclic) bond motifs is 1. The van der Waals surface area contributed by atoms with Gasteiger partial charge in [-0.3, -0.25) is 0 Å². The van der Waals surface area contributed by atoms with Crippen LogP contribution >= 0.6 is 22.9 Å². The maximum absolute atomic E-state index is 5.97. The third-order valence-corrected chi connectivity index (χ3v) is 5.04. The van der Waals surface area contributed by atoms with Crippen molar-refractivity contribution in [1.82, 2.24) is 9.55 Å². The minimum atomic E-state index is 0.605. The largest absolute Gasteiger partial charge is 0.323 e. The number of hydrogen-bond donors (Lipinski definition) is 0. The molecule has 0 aliphatic heterocycles. The van der Waals surface area contributed by atoms with Crippen LogP contribution in [0.3, 0.4) is 0 Å². The van der Waals surface area contributed by atoms with Crippen molar-refractivity contribution in [2.24, 2.45) is 0 Å². The highest BCUT2D eigenvalue weighted by Gasteiger charge is 2.13. The number of hydrogen-bond acceptors (Lipinski definition) is 2. The number of nitrogens with zero attached hydrogens (tertiary/aromatic N) is 2. The van der Waals surface area contributed by atoms with Crippen LogP contribution in [0.25, 0.3) is 11.0 Å². The summed E-state index contributed by atoms with van der Waals surface area (Å²) in [5, 5.41) is 2.18. The van der Waals surface area contributed by atoms with E-state index in [2.05, 4.69) is 48.1 Å². The van der Waals surface area contributed by atoms with Gasteiger partial charge in [0.25, 0.3) is 0 Å². The van der Waals surface area contributed by atoms with Gasteiger partial charge in [0, 0.05) is 17.2 Å². The van der Waals surface area contributed by atoms with Gasteiger partial charge in [-0.1, -0.05) is 19.1 Å². The van der Waals surface area contributed by atoms with Gasteiger partial charge in [-0.2, -0.15) is 0 Å². The summed E-state index contributed by atoms with van der Waals surface area (Å²) in [5.41, 5.74) is 4.98. The summed E-state index contributed by atoms with van der Waals surface area (Å²) in [4.78, 5) is 6.25. The molecule has 0 atom stereocenters. The predicted octanol–water partition coefficient (Wildman–Crippen LogP) is 4.80. The Balaban J connectivity index is 2.11. The van der Waals surface area contributed by atoms with Gasteiger partial charge < -0.3 is 4.57 Å². The SMILES string of the molecule is CCc1ccsc1Cn1c(CCCl)nc2c(C)cccc21. The Labute approximate surface area is 134 Å². The van der Waals surface area contributed by atoms with Gasteiger partial charge in [0.1, 0.15) is 5.82 Å². The van der Waals surface area contributed by atoms with Gasteiger partial charge >= 0.3 is 0 Å². The minimum Gasteiger partial charge on any atom is -0.323 e. The van der Waals surface area contributed by atoms with Crippen LogP contribution in [-0.4, -0.2) is 15.4 Å². The summed E-state index contributed by atoms with van der Waals surface area (Å²) in [7, 11) is 0. The smallest absolute Gasteiger partial charge is 0.111 e. The Bertz CT molecular complexity index is 757. The van der Waals surface area contributed by atoms with E-state index in [-0.39, 0.29) is 0 Å². The molecule has 0 amide bonds. The Morgan fingerprint density at radius 2 is 2.14 bits per heavy atom. The lowest BCUT2D eigenvalue weighted by Crippen LogP contribution is -2.06. The van der Waals surface area contributed by atoms with Crippen LogP contribution < -0.4 is 0 Å². The van der Waals surface area contributed by atoms with Gasteiger partial charge in [0.2, 0.25) is 0 Å². The molecule has 0 aliphatic rings. The maximum Gasteiger partial charge on any atom is 0.111 e. The van der Waals surface area contributed by atoms with Gasteiger partial charge in [-0.15, -0.1) is 22.9 Å². The molecule has 0 saturated carbocycles. The van der Waals surface area contributed by atoms with E-state index in [9.17, 15) is 0 Å². The molecular formula is C17H19ClN2S. The van der Waals surface area contributed by atoms with E-state index in [0.29, 0.717) is 5.88 Å². The molecule has 0 radical (unpaired) electrons. The van der Waals surface area contributed by atoms with Crippen LogP contribution in [0.2, 0.25) is 0 Å². The molecule has 0 spiro atoms. The van der Waals surface area contributed by atoms with Crippen molar-refractivity contribution in [3.05, 3.63) is 51.5 Å². The van der Waals surface area contributed by atoms with E-state index in [1.807, 2.05) is 11.3 Å². The molecule has 4 heteroatoms. The summed E-state index contributed by atoms with van der Waals surface area (Å²) in [6.07, 6.45) is 1.89. The standard InChI is InChI=1S/C17H19ClN2S/c1-3-13-8-10-21-15(13)11-20-14-6-4-5-12(2)17(14)19-16(20)7-9-18/h4-6,8,10H,3,7,9,11H2,1-2H3. The fourth-order valence-electron chi connectivity index (χ4n) is 2.75. The second-order valence-corrected chi connectivity index (χ2v) is 6.60. The van der Waals surface area contributed by atoms with E-state index in [1.165, 1.54) is 21.5 Å². The number of aryl methyl sites for hydroxylation is 3. The van der Waals surface area contributed by atoms with Crippen molar-refractivity contribution in [2.45, 2.75) is 33.2 Å². The number of imidazole rings is 1. The summed E-state index contributed by atoms with van der Waals surface area (Å²) in [6.45, 7) is 5.22. The van der Waals surface area contributed by atoms with Gasteiger partial charge in [0.05, 0.1) is 17.6 Å². The second-order valence-electron chi connectivity index (χ2n) is 5.22. The minimum absolute atomic E-state index is 0.605. The van der Waals surface area contributed by atoms with Crippen molar-refractivity contribution in [3.8, 4) is 0 Å². The van der Waals surface area contributed by atoms with Crippen molar-refractivity contribution in [2.75, 3.05) is 5.88 Å². The maximum atomic E-state index is 5.97. The van der Waals surface area contributed by atoms with E-state index in [1.54, 1.807) is 0 Å². The van der Waals surface area contributed by atoms with Crippen molar-refractivity contribution in [3.63, 3.8) is 0 Å². The first-order valence-electron chi connectivity index (χ1n) is 7.30. The molecule has 2 heterocycles. The number of para-hydroxylation sites is 1. The average molecular weight is 319 g/mol. The molecule has 2 nitrogen and oxygen atoms in total. The number of aromatic nitrogens is 2. The Morgan fingerprint density at radius 3 is 2.90 bits per heavy atom. The van der Waals surface area contributed by atoms with Crippen LogP contribution in [0.4, 0.5) is 0 Å². The first-order valence-corrected chi connectivity index (χ1v) is 8.72. The molecular weight excluding hydrogens is 300 g/mol. The van der Waals surface area contributed by atoms with Gasteiger partial charge in [-0.05, 0) is 42.0 Å². The first-order chi connectivity index (χ1) is 10.2. The van der Waals surface area contributed by atoms with E-state index in [0.717, 1.165) is 30.7 Å². The summed E-state index contributed by atoms with van der Waals surface area (Å²) < 4.78 is 2.33. The van der Waals surface area contributed by atoms with Gasteiger partial charge in [-0.25, -0.2) is 4.98 Å². The third kappa shape index (κ3) is 2.72. The fraction of sp³-hybridized carbons (Fsp3) is 0.353. The van der Waals surface area contributed by atoms with Crippen molar-refractivity contribution >= 4 is 34.0 Å². The summed E-state index contributed by atoms with van der Waals surface area (Å²) in [5.74, 6) is 1.69. The van der Waals surface area contributed by atoms with Crippen LogP contribution in [0.15, 0.2) is 29.6 Å². The quantitative estimate of drug-likeness (QED) is 0.618. The highest BCUT2D eigenvalue weighted by molar-refractivity contribution is 7.10. The zero-order chi connectivity index (χ0) is 14.8. The van der Waals surface area contributed by atoms with Crippen LogP contribution in [0.1, 0.15) is 28.8 Å². The van der Waals surface area contributed by atoms with E-state index >= 15 is 0 Å². The lowest BCUT2D eigenvalue weighted by Gasteiger charge is -2.09. The Kier molecular flexibility index (Phi) is 4.32. The lowest BCUT2D eigenvalue weighted by atomic mass is 10.2. The zero-order valence-corrected chi connectivity index (χ0v) is 14.0. The molecule has 0 saturated heterocycles. The molecule has 1 aromatic carbocycles. The number of rotatable bonds is 5. The number of alkyl halides is 1. The first kappa shape index (κ1) is 14.6. The van der Waals surface area contributed by atoms with Crippen LogP contribution in [-0.2, 0) is 19.4 Å². The van der Waals surface area contributed by atoms with Gasteiger partial charge in [0.15, 0.2) is 0 Å². The summed E-state index contributed by atoms with van der Waals surface area (Å²) in [6, 6.07) is 8.61. The molecule has 0 bridgehead atoms. The zero-order valence-electron chi connectivity index (χ0n) is 12.4. The Morgan fingerprint density at radius 1 is 1.29 bits per heavy atom. The molecule has 3 rings (SSSR count). The Hall–Kier alpha value is -1.32. The fourth-order valence-corrected chi connectivity index (χ4v) is 3.88. The molecule has 0 N–H and O–H groups in total. The normalized spacial score (nSPS) is 11.4. The monoisotopic (exact) mass is 318 g/mol. The predicted molar refractivity (Wildman–Crippen MR) is 91.7 cm³/mol. The second kappa shape index (κ2) is 6.20. The number of thiophene rings is 1.